The third-order valence-electron chi connectivity index (χ3n) is 8.62. The van der Waals surface area contributed by atoms with E-state index in [9.17, 15) is 0 Å². The van der Waals surface area contributed by atoms with E-state index in [0.717, 1.165) is 49.7 Å². The summed E-state index contributed by atoms with van der Waals surface area (Å²) in [5.74, 6) is 0. The van der Waals surface area contributed by atoms with Crippen LogP contribution in [0.4, 0.5) is 0 Å². The maximum absolute atomic E-state index is 5.21. The van der Waals surface area contributed by atoms with Crippen molar-refractivity contribution in [3.63, 3.8) is 0 Å². The molecule has 0 fully saturated rings. The second-order valence-corrected chi connectivity index (χ2v) is 11.1. The molecule has 200 valence electrons. The number of nitrogens with zero attached hydrogens (tertiary/aromatic N) is 2. The van der Waals surface area contributed by atoms with Gasteiger partial charge in [0, 0.05) is 38.1 Å². The molecule has 7 aromatic carbocycles. The van der Waals surface area contributed by atoms with E-state index in [1.165, 1.54) is 38.2 Å². The average Bonchev–Trinajstić information content (AvgIpc) is 3.46. The zero-order valence-corrected chi connectivity index (χ0v) is 23.3. The minimum atomic E-state index is 0.871. The lowest BCUT2D eigenvalue weighted by Gasteiger charge is -2.11. The highest BCUT2D eigenvalue weighted by atomic mass is 14.8. The summed E-state index contributed by atoms with van der Waals surface area (Å²) in [7, 11) is 0. The minimum absolute atomic E-state index is 0.871. The van der Waals surface area contributed by atoms with Crippen LogP contribution in [0.2, 0.25) is 0 Å². The highest BCUT2D eigenvalue weighted by molar-refractivity contribution is 6.23. The van der Waals surface area contributed by atoms with Crippen molar-refractivity contribution in [1.29, 1.82) is 0 Å². The van der Waals surface area contributed by atoms with Crippen LogP contribution in [-0.4, -0.2) is 15.0 Å². The maximum Gasteiger partial charge on any atom is 0.0979 e. The highest BCUT2D eigenvalue weighted by Gasteiger charge is 2.13. The summed E-state index contributed by atoms with van der Waals surface area (Å²) < 4.78 is 0. The molecule has 0 saturated heterocycles. The monoisotopic (exact) mass is 547 g/mol. The largest absolute Gasteiger partial charge is 0.355 e. The summed E-state index contributed by atoms with van der Waals surface area (Å²) in [4.78, 5) is 13.7. The number of hydrogen-bond acceptors (Lipinski definition) is 2. The number of fused-ring (bicyclic) bond motifs is 9. The molecule has 0 atom stereocenters. The molecule has 0 aliphatic rings. The van der Waals surface area contributed by atoms with Gasteiger partial charge in [0.15, 0.2) is 0 Å². The summed E-state index contributed by atoms with van der Waals surface area (Å²) in [6.45, 7) is 0. The molecule has 43 heavy (non-hydrogen) atoms. The summed E-state index contributed by atoms with van der Waals surface area (Å²) in [6.07, 6.45) is 1.91. The Bertz CT molecular complexity index is 2490. The van der Waals surface area contributed by atoms with Gasteiger partial charge < -0.3 is 4.98 Å². The first kappa shape index (κ1) is 23.9. The second-order valence-electron chi connectivity index (χ2n) is 11.1. The molecular weight excluding hydrogens is 522 g/mol. The molecule has 0 aliphatic heterocycles. The van der Waals surface area contributed by atoms with Crippen molar-refractivity contribution < 1.29 is 0 Å². The van der Waals surface area contributed by atoms with Crippen LogP contribution in [0.1, 0.15) is 0 Å². The molecule has 0 bridgehead atoms. The minimum Gasteiger partial charge on any atom is -0.355 e. The van der Waals surface area contributed by atoms with Gasteiger partial charge in [0.25, 0.3) is 0 Å². The number of H-pyrrole nitrogens is 1. The quantitative estimate of drug-likeness (QED) is 0.224. The Hall–Kier alpha value is -5.80. The number of aromatic amines is 1. The summed E-state index contributed by atoms with van der Waals surface area (Å²) >= 11 is 0. The molecule has 3 heteroatoms. The predicted molar refractivity (Wildman–Crippen MR) is 180 cm³/mol. The van der Waals surface area contributed by atoms with Crippen molar-refractivity contribution in [1.82, 2.24) is 15.0 Å². The zero-order valence-electron chi connectivity index (χ0n) is 23.3. The smallest absolute Gasteiger partial charge is 0.0979 e. The van der Waals surface area contributed by atoms with Gasteiger partial charge in [-0.15, -0.1) is 0 Å². The third kappa shape index (κ3) is 3.83. The first-order chi connectivity index (χ1) is 21.3. The summed E-state index contributed by atoms with van der Waals surface area (Å²) in [5, 5.41) is 7.16. The van der Waals surface area contributed by atoms with Gasteiger partial charge in [0.05, 0.1) is 22.9 Å². The van der Waals surface area contributed by atoms with Crippen molar-refractivity contribution in [2.75, 3.05) is 0 Å². The Morgan fingerprint density at radius 1 is 0.372 bits per heavy atom. The molecule has 2 aromatic heterocycles. The van der Waals surface area contributed by atoms with Crippen LogP contribution in [0.25, 0.3) is 87.9 Å². The number of rotatable bonds is 3. The van der Waals surface area contributed by atoms with Crippen molar-refractivity contribution >= 4 is 54.4 Å². The molecule has 0 unspecified atom stereocenters. The molecule has 9 rings (SSSR count). The van der Waals surface area contributed by atoms with Crippen LogP contribution in [0.5, 0.6) is 0 Å². The van der Waals surface area contributed by atoms with Crippen LogP contribution in [0.15, 0.2) is 146 Å². The molecule has 9 aromatic rings. The zero-order chi connectivity index (χ0) is 28.3. The molecule has 2 heterocycles. The van der Waals surface area contributed by atoms with E-state index in [1.54, 1.807) is 0 Å². The second kappa shape index (κ2) is 9.37. The fourth-order valence-electron chi connectivity index (χ4n) is 6.53. The Balaban J connectivity index is 1.14. The van der Waals surface area contributed by atoms with Gasteiger partial charge in [0.1, 0.15) is 0 Å². The van der Waals surface area contributed by atoms with E-state index in [-0.39, 0.29) is 0 Å². The van der Waals surface area contributed by atoms with Crippen molar-refractivity contribution in [3.8, 4) is 33.5 Å². The SMILES string of the molecule is c1cc(-c2cccc(-c3cnc4c5ccccc5c5ccccc5c4n3)c2)cc(-c2ccc3[nH]c4ccccc4c3c2)c1. The molecule has 0 aliphatic carbocycles. The van der Waals surface area contributed by atoms with Gasteiger partial charge in [-0.05, 0) is 63.4 Å². The first-order valence-electron chi connectivity index (χ1n) is 14.6. The normalized spacial score (nSPS) is 11.7. The molecular formula is C40H25N3. The van der Waals surface area contributed by atoms with Crippen LogP contribution < -0.4 is 0 Å². The Morgan fingerprint density at radius 3 is 1.63 bits per heavy atom. The van der Waals surface area contributed by atoms with Crippen molar-refractivity contribution in [2.24, 2.45) is 0 Å². The topological polar surface area (TPSA) is 41.6 Å². The number of para-hydroxylation sites is 1. The van der Waals surface area contributed by atoms with E-state index >= 15 is 0 Å². The highest BCUT2D eigenvalue weighted by Crippen LogP contribution is 2.36. The van der Waals surface area contributed by atoms with Crippen LogP contribution in [0.3, 0.4) is 0 Å². The number of hydrogen-bond donors (Lipinski definition) is 1. The van der Waals surface area contributed by atoms with Crippen LogP contribution >= 0.6 is 0 Å². The lowest BCUT2D eigenvalue weighted by Crippen LogP contribution is -1.92. The molecule has 3 nitrogen and oxygen atoms in total. The van der Waals surface area contributed by atoms with E-state index in [0.29, 0.717) is 0 Å². The van der Waals surface area contributed by atoms with E-state index in [2.05, 4.69) is 145 Å². The van der Waals surface area contributed by atoms with Crippen molar-refractivity contribution in [2.45, 2.75) is 0 Å². The van der Waals surface area contributed by atoms with Crippen molar-refractivity contribution in [3.05, 3.63) is 146 Å². The van der Waals surface area contributed by atoms with Gasteiger partial charge in [0.2, 0.25) is 0 Å². The molecule has 0 radical (unpaired) electrons. The van der Waals surface area contributed by atoms with Gasteiger partial charge in [-0.1, -0.05) is 109 Å². The van der Waals surface area contributed by atoms with Gasteiger partial charge in [-0.3, -0.25) is 4.98 Å². The number of benzene rings is 7. The van der Waals surface area contributed by atoms with Crippen LogP contribution in [0, 0.1) is 0 Å². The average molecular weight is 548 g/mol. The number of nitrogens with one attached hydrogen (secondary N) is 1. The van der Waals surface area contributed by atoms with E-state index < -0.39 is 0 Å². The van der Waals surface area contributed by atoms with E-state index in [1.807, 2.05) is 6.20 Å². The maximum atomic E-state index is 5.21. The molecule has 0 saturated carbocycles. The van der Waals surface area contributed by atoms with Gasteiger partial charge >= 0.3 is 0 Å². The van der Waals surface area contributed by atoms with Crippen LogP contribution in [-0.2, 0) is 0 Å². The molecule has 0 amide bonds. The number of aromatic nitrogens is 3. The lowest BCUT2D eigenvalue weighted by atomic mass is 9.96. The third-order valence-corrected chi connectivity index (χ3v) is 8.62. The molecule has 1 N–H and O–H groups in total. The first-order valence-corrected chi connectivity index (χ1v) is 14.6. The Labute approximate surface area is 248 Å². The van der Waals surface area contributed by atoms with Gasteiger partial charge in [-0.25, -0.2) is 4.98 Å². The fourth-order valence-corrected chi connectivity index (χ4v) is 6.53. The lowest BCUT2D eigenvalue weighted by molar-refractivity contribution is 1.31. The molecule has 0 spiro atoms. The summed E-state index contributed by atoms with van der Waals surface area (Å²) in [6, 6.07) is 49.5. The Kier molecular flexibility index (Phi) is 5.20. The predicted octanol–water partition coefficient (Wildman–Crippen LogP) is 10.6. The fraction of sp³-hybridized carbons (Fsp3) is 0. The Morgan fingerprint density at radius 2 is 0.907 bits per heavy atom. The standard InChI is InChI=1S/C40H25N3/c1-3-16-33-30(13-1)31-14-2-4-17-34(31)40-39(33)41-24-38(43-40)29-12-8-11-27(22-29)25-9-7-10-26(21-25)28-19-20-37-35(23-28)32-15-5-6-18-36(32)42-37/h1-24,42H. The van der Waals surface area contributed by atoms with E-state index in [4.69, 9.17) is 9.97 Å². The summed E-state index contributed by atoms with van der Waals surface area (Å²) in [5.41, 5.74) is 10.8. The van der Waals surface area contributed by atoms with Gasteiger partial charge in [-0.2, -0.15) is 0 Å².